The highest BCUT2D eigenvalue weighted by atomic mass is 16.5. The van der Waals surface area contributed by atoms with Crippen LogP contribution >= 0.6 is 0 Å². The van der Waals surface area contributed by atoms with E-state index in [0.717, 1.165) is 13.8 Å². The van der Waals surface area contributed by atoms with Gasteiger partial charge in [0.1, 0.15) is 12.6 Å². The highest BCUT2D eigenvalue weighted by Gasteiger charge is 2.22. The zero-order valence-electron chi connectivity index (χ0n) is 17.9. The summed E-state index contributed by atoms with van der Waals surface area (Å²) >= 11 is 0. The lowest BCUT2D eigenvalue weighted by molar-refractivity contribution is -0.147. The lowest BCUT2D eigenvalue weighted by Crippen LogP contribution is -2.41. The second-order valence-corrected chi connectivity index (χ2v) is 7.04. The maximum absolute atomic E-state index is 11.2. The van der Waals surface area contributed by atoms with E-state index in [1.54, 1.807) is 0 Å². The molecule has 2 aliphatic rings. The van der Waals surface area contributed by atoms with Crippen molar-refractivity contribution in [1.82, 2.24) is 5.32 Å². The first-order valence-electron chi connectivity index (χ1n) is 9.95. The van der Waals surface area contributed by atoms with Crippen LogP contribution in [0.2, 0.25) is 0 Å². The monoisotopic (exact) mass is 435 g/mol. The van der Waals surface area contributed by atoms with Crippen molar-refractivity contribution in [2.75, 3.05) is 6.61 Å². The largest absolute Gasteiger partial charge is 0.480 e. The minimum Gasteiger partial charge on any atom is -0.480 e. The molecular weight excluding hydrogens is 410 g/mol. The van der Waals surface area contributed by atoms with E-state index in [9.17, 15) is 19.2 Å². The fraction of sp³-hybridized carbons (Fsp3) is 0.200. The summed E-state index contributed by atoms with van der Waals surface area (Å²) in [5, 5.41) is 13.4. The Morgan fingerprint density at radius 3 is 1.66 bits per heavy atom. The Labute approximate surface area is 186 Å². The van der Waals surface area contributed by atoms with Crippen molar-refractivity contribution in [3.8, 4) is 11.1 Å². The van der Waals surface area contributed by atoms with Crippen molar-refractivity contribution in [3.05, 3.63) is 72.8 Å². The Kier molecular flexibility index (Phi) is 9.10. The molecule has 2 aromatic rings. The molecule has 1 unspecified atom stereocenters. The van der Waals surface area contributed by atoms with Gasteiger partial charge in [-0.2, -0.15) is 0 Å². The number of benzene rings is 3. The third kappa shape index (κ3) is 8.79. The maximum atomic E-state index is 11.2. The zero-order valence-corrected chi connectivity index (χ0v) is 17.9. The number of carbonyl (C=O) groups excluding carboxylic acids is 3. The van der Waals surface area contributed by atoms with E-state index < -0.39 is 42.7 Å². The first-order valence-corrected chi connectivity index (χ1v) is 9.95. The van der Waals surface area contributed by atoms with E-state index >= 15 is 0 Å². The number of carboxylic acids is 1. The van der Waals surface area contributed by atoms with Crippen molar-refractivity contribution in [2.24, 2.45) is 0 Å². The molecule has 0 spiro atoms. The molecule has 0 saturated carbocycles. The smallest absolute Gasteiger partial charge is 0.326 e. The fourth-order valence-corrected chi connectivity index (χ4v) is 2.72. The van der Waals surface area contributed by atoms with Crippen LogP contribution in [0.1, 0.15) is 20.3 Å². The average molecular weight is 435 g/mol. The van der Waals surface area contributed by atoms with Gasteiger partial charge in [-0.1, -0.05) is 66.7 Å². The first kappa shape index (κ1) is 24.3. The number of rotatable bonds is 6. The second kappa shape index (κ2) is 12.0. The molecule has 4 rings (SSSR count). The molecule has 2 N–H and O–H groups in total. The minimum atomic E-state index is -1.31. The number of ether oxygens (including phenoxy) is 1. The highest BCUT2D eigenvalue weighted by molar-refractivity contribution is 5.90. The molecule has 0 aromatic heterocycles. The SMILES string of the molecule is CC(=O)NC(CC(=O)COC(C)=O)C(=O)O.c1cc2cc-2c1.c1ccc2ccccc2c1. The van der Waals surface area contributed by atoms with E-state index in [4.69, 9.17) is 5.11 Å². The molecule has 0 aliphatic heterocycles. The van der Waals surface area contributed by atoms with Crippen LogP contribution in [0.4, 0.5) is 0 Å². The van der Waals surface area contributed by atoms with Crippen LogP contribution in [0.5, 0.6) is 0 Å². The fourth-order valence-electron chi connectivity index (χ4n) is 2.72. The maximum Gasteiger partial charge on any atom is 0.326 e. The third-order valence-corrected chi connectivity index (χ3v) is 4.32. The van der Waals surface area contributed by atoms with Crippen LogP contribution in [-0.4, -0.2) is 41.4 Å². The number of carboxylic acid groups (broad SMARTS) is 1. The van der Waals surface area contributed by atoms with Crippen LogP contribution in [-0.2, 0) is 23.9 Å². The second-order valence-electron chi connectivity index (χ2n) is 7.04. The van der Waals surface area contributed by atoms with Crippen LogP contribution in [0.3, 0.4) is 0 Å². The van der Waals surface area contributed by atoms with E-state index in [1.807, 2.05) is 0 Å². The molecule has 166 valence electrons. The number of hydrogen-bond donors (Lipinski definition) is 2. The van der Waals surface area contributed by atoms with Gasteiger partial charge in [-0.25, -0.2) is 4.79 Å². The Bertz CT molecular complexity index is 1030. The molecule has 2 aliphatic carbocycles. The number of amides is 1. The van der Waals surface area contributed by atoms with Crippen LogP contribution < -0.4 is 5.32 Å². The number of ketones is 1. The predicted molar refractivity (Wildman–Crippen MR) is 121 cm³/mol. The van der Waals surface area contributed by atoms with Crippen molar-refractivity contribution in [1.29, 1.82) is 0 Å². The molecule has 0 saturated heterocycles. The quantitative estimate of drug-likeness (QED) is 0.448. The summed E-state index contributed by atoms with van der Waals surface area (Å²) in [7, 11) is 0. The molecule has 2 aromatic carbocycles. The van der Waals surface area contributed by atoms with E-state index in [1.165, 1.54) is 21.9 Å². The Hall–Kier alpha value is -4.00. The Balaban J connectivity index is 0.000000188. The molecule has 7 nitrogen and oxygen atoms in total. The zero-order chi connectivity index (χ0) is 23.5. The standard InChI is InChI=1S/C10H8.C9H13NO6.C6H4/c1-2-6-10-8-4-3-7-9(10)5-1;1-5(11)10-8(9(14)15)3-7(13)4-16-6(2)12;1-2-5-4-6(5)3-1/h1-8H;8H,3-4H2,1-2H3,(H,10,11)(H,14,15);1-4H. The number of carbonyl (C=O) groups is 4. The van der Waals surface area contributed by atoms with Gasteiger partial charge in [0.15, 0.2) is 5.78 Å². The number of hydrogen-bond acceptors (Lipinski definition) is 5. The van der Waals surface area contributed by atoms with Gasteiger partial charge in [-0.15, -0.1) is 0 Å². The highest BCUT2D eigenvalue weighted by Crippen LogP contribution is 2.32. The first-order chi connectivity index (χ1) is 15.3. The van der Waals surface area contributed by atoms with Gasteiger partial charge in [-0.3, -0.25) is 14.4 Å². The van der Waals surface area contributed by atoms with Crippen LogP contribution in [0.15, 0.2) is 72.8 Å². The normalized spacial score (nSPS) is 10.9. The van der Waals surface area contributed by atoms with Gasteiger partial charge >= 0.3 is 11.9 Å². The van der Waals surface area contributed by atoms with Gasteiger partial charge in [0, 0.05) is 20.3 Å². The van der Waals surface area contributed by atoms with Crippen molar-refractivity contribution in [3.63, 3.8) is 0 Å². The average Bonchev–Trinajstić information content (AvgIpc) is 3.36. The molecular formula is C25H25NO6. The summed E-state index contributed by atoms with van der Waals surface area (Å²) < 4.78 is 4.40. The van der Waals surface area contributed by atoms with Crippen molar-refractivity contribution >= 4 is 34.4 Å². The van der Waals surface area contributed by atoms with E-state index in [2.05, 4.69) is 82.9 Å². The number of fused-ring (bicyclic) bond motifs is 2. The molecule has 1 amide bonds. The predicted octanol–water partition coefficient (Wildman–Crippen LogP) is 3.60. The number of esters is 1. The molecule has 1 atom stereocenters. The lowest BCUT2D eigenvalue weighted by Gasteiger charge is -2.11. The Morgan fingerprint density at radius 1 is 0.844 bits per heavy atom. The molecule has 0 radical (unpaired) electrons. The molecule has 0 fully saturated rings. The number of nitrogens with one attached hydrogen (secondary N) is 1. The van der Waals surface area contributed by atoms with Gasteiger partial charge in [0.05, 0.1) is 0 Å². The van der Waals surface area contributed by atoms with Crippen LogP contribution in [0, 0.1) is 0 Å². The number of Topliss-reactive ketones (excluding diaryl/α,β-unsaturated/α-hetero) is 1. The van der Waals surface area contributed by atoms with E-state index in [0.29, 0.717) is 0 Å². The summed E-state index contributed by atoms with van der Waals surface area (Å²) in [6.45, 7) is 1.79. The summed E-state index contributed by atoms with van der Waals surface area (Å²) in [4.78, 5) is 42.8. The minimum absolute atomic E-state index is 0.414. The van der Waals surface area contributed by atoms with E-state index in [-0.39, 0.29) is 0 Å². The molecule has 32 heavy (non-hydrogen) atoms. The summed E-state index contributed by atoms with van der Waals surface area (Å²) in [5.74, 6) is -3.06. The van der Waals surface area contributed by atoms with Gasteiger partial charge in [0.2, 0.25) is 5.91 Å². The number of aliphatic carboxylic acids is 1. The summed E-state index contributed by atoms with van der Waals surface area (Å²) in [6, 6.07) is 23.9. The lowest BCUT2D eigenvalue weighted by atomic mass is 10.1. The van der Waals surface area contributed by atoms with Crippen molar-refractivity contribution < 1.29 is 29.0 Å². The Morgan fingerprint density at radius 2 is 1.34 bits per heavy atom. The van der Waals surface area contributed by atoms with Gasteiger partial charge < -0.3 is 15.2 Å². The molecule has 0 heterocycles. The van der Waals surface area contributed by atoms with Gasteiger partial charge in [0.25, 0.3) is 0 Å². The van der Waals surface area contributed by atoms with Gasteiger partial charge in [-0.05, 0) is 28.0 Å². The summed E-state index contributed by atoms with van der Waals surface area (Å²) in [5.41, 5.74) is 2.85. The molecule has 7 heteroatoms. The molecule has 0 bridgehead atoms. The topological polar surface area (TPSA) is 110 Å². The van der Waals surface area contributed by atoms with Crippen molar-refractivity contribution in [2.45, 2.75) is 26.3 Å². The third-order valence-electron chi connectivity index (χ3n) is 4.32. The summed E-state index contributed by atoms with van der Waals surface area (Å²) in [6.07, 6.45) is -0.414. The van der Waals surface area contributed by atoms with Crippen LogP contribution in [0.25, 0.3) is 21.9 Å².